The first-order valence-corrected chi connectivity index (χ1v) is 7.94. The van der Waals surface area contributed by atoms with Gasteiger partial charge in [-0.1, -0.05) is 0 Å². The van der Waals surface area contributed by atoms with E-state index in [1.165, 1.54) is 7.11 Å². The fraction of sp³-hybridized carbons (Fsp3) is 0.538. The number of carbonyl (C=O) groups excluding carboxylic acids is 1. The second-order valence-corrected chi connectivity index (χ2v) is 6.29. The summed E-state index contributed by atoms with van der Waals surface area (Å²) in [5.74, 6) is -0.362. The molecule has 1 fully saturated rings. The molecule has 0 saturated carbocycles. The maximum absolute atomic E-state index is 12.0. The van der Waals surface area contributed by atoms with Gasteiger partial charge in [-0.3, -0.25) is 10.3 Å². The number of rotatable bonds is 5. The molecule has 0 aromatic carbocycles. The largest absolute Gasteiger partial charge is 0.468 e. The van der Waals surface area contributed by atoms with Crippen LogP contribution in [0.2, 0.25) is 0 Å². The molecule has 2 atom stereocenters. The normalized spacial score (nSPS) is 19.9. The van der Waals surface area contributed by atoms with Crippen LogP contribution in [0.4, 0.5) is 0 Å². The number of pyridine rings is 1. The van der Waals surface area contributed by atoms with Crippen molar-refractivity contribution in [2.75, 3.05) is 20.3 Å². The molecule has 0 bridgehead atoms. The highest BCUT2D eigenvalue weighted by Crippen LogP contribution is 2.25. The van der Waals surface area contributed by atoms with Crippen molar-refractivity contribution in [1.82, 2.24) is 10.3 Å². The first kappa shape index (κ1) is 15.9. The zero-order valence-electron chi connectivity index (χ0n) is 11.1. The van der Waals surface area contributed by atoms with E-state index in [2.05, 4.69) is 42.2 Å². The lowest BCUT2D eigenvalue weighted by molar-refractivity contribution is -0.143. The van der Waals surface area contributed by atoms with E-state index in [1.54, 1.807) is 6.20 Å². The Morgan fingerprint density at radius 3 is 3.05 bits per heavy atom. The van der Waals surface area contributed by atoms with E-state index >= 15 is 0 Å². The van der Waals surface area contributed by atoms with E-state index in [1.807, 2.05) is 6.07 Å². The van der Waals surface area contributed by atoms with Crippen molar-refractivity contribution in [3.8, 4) is 0 Å². The number of hydrogen-bond donors (Lipinski definition) is 1. The van der Waals surface area contributed by atoms with Crippen molar-refractivity contribution in [2.45, 2.75) is 25.0 Å². The van der Waals surface area contributed by atoms with Gasteiger partial charge in [0.2, 0.25) is 0 Å². The van der Waals surface area contributed by atoms with Crippen molar-refractivity contribution >= 4 is 37.8 Å². The monoisotopic (exact) mass is 406 g/mol. The number of nitrogens with one attached hydrogen (secondary N) is 1. The Bertz CT molecular complexity index is 479. The third kappa shape index (κ3) is 4.00. The lowest BCUT2D eigenvalue weighted by Gasteiger charge is -2.19. The molecule has 110 valence electrons. The van der Waals surface area contributed by atoms with Crippen molar-refractivity contribution in [2.24, 2.45) is 0 Å². The third-order valence-electron chi connectivity index (χ3n) is 3.12. The number of carbonyl (C=O) groups is 1. The zero-order chi connectivity index (χ0) is 14.5. The predicted octanol–water partition coefficient (Wildman–Crippen LogP) is 2.59. The Morgan fingerprint density at radius 2 is 2.45 bits per heavy atom. The molecule has 0 aliphatic carbocycles. The summed E-state index contributed by atoms with van der Waals surface area (Å²) in [6, 6.07) is 1.25. The molecule has 1 aliphatic heterocycles. The highest BCUT2D eigenvalue weighted by atomic mass is 79.9. The second-order valence-electron chi connectivity index (χ2n) is 4.52. The summed E-state index contributed by atoms with van der Waals surface area (Å²) in [5, 5.41) is 3.18. The number of methoxy groups -OCH3 is 1. The number of aromatic nitrogens is 1. The Hall–Kier alpha value is -0.500. The van der Waals surface area contributed by atoms with Crippen LogP contribution in [0.1, 0.15) is 24.6 Å². The van der Waals surface area contributed by atoms with Gasteiger partial charge in [-0.05, 0) is 50.8 Å². The zero-order valence-corrected chi connectivity index (χ0v) is 14.2. The number of esters is 1. The van der Waals surface area contributed by atoms with Gasteiger partial charge in [-0.25, -0.2) is 4.79 Å². The molecule has 0 spiro atoms. The lowest BCUT2D eigenvalue weighted by Crippen LogP contribution is -2.35. The molecule has 1 saturated heterocycles. The SMILES string of the molecule is COC(=O)C(NCC1CCCO1)c1ncc(Br)cc1Br. The van der Waals surface area contributed by atoms with Crippen LogP contribution in [0.15, 0.2) is 21.2 Å². The molecule has 2 heterocycles. The van der Waals surface area contributed by atoms with Gasteiger partial charge in [0, 0.05) is 28.3 Å². The van der Waals surface area contributed by atoms with E-state index in [4.69, 9.17) is 9.47 Å². The van der Waals surface area contributed by atoms with Crippen molar-refractivity contribution in [3.05, 3.63) is 26.9 Å². The van der Waals surface area contributed by atoms with Crippen molar-refractivity contribution in [1.29, 1.82) is 0 Å². The van der Waals surface area contributed by atoms with Crippen molar-refractivity contribution in [3.63, 3.8) is 0 Å². The first-order chi connectivity index (χ1) is 9.61. The van der Waals surface area contributed by atoms with Crippen LogP contribution < -0.4 is 5.32 Å². The number of hydrogen-bond acceptors (Lipinski definition) is 5. The van der Waals surface area contributed by atoms with Gasteiger partial charge >= 0.3 is 5.97 Å². The fourth-order valence-electron chi connectivity index (χ4n) is 2.10. The molecule has 7 heteroatoms. The fourth-order valence-corrected chi connectivity index (χ4v) is 3.32. The topological polar surface area (TPSA) is 60.5 Å². The maximum atomic E-state index is 12.0. The minimum atomic E-state index is -0.605. The Kier molecular flexibility index (Phi) is 5.95. The van der Waals surface area contributed by atoms with Crippen LogP contribution in [0, 0.1) is 0 Å². The summed E-state index contributed by atoms with van der Waals surface area (Å²) < 4.78 is 12.0. The van der Waals surface area contributed by atoms with Gasteiger partial charge in [0.15, 0.2) is 0 Å². The first-order valence-electron chi connectivity index (χ1n) is 6.35. The molecule has 1 aliphatic rings. The van der Waals surface area contributed by atoms with E-state index in [9.17, 15) is 4.79 Å². The molecular formula is C13H16Br2N2O3. The third-order valence-corrected chi connectivity index (χ3v) is 4.19. The van der Waals surface area contributed by atoms with Gasteiger partial charge in [0.05, 0.1) is 18.9 Å². The van der Waals surface area contributed by atoms with Gasteiger partial charge in [-0.15, -0.1) is 0 Å². The van der Waals surface area contributed by atoms with Crippen LogP contribution in [-0.4, -0.2) is 37.3 Å². The molecule has 0 amide bonds. The van der Waals surface area contributed by atoms with Crippen LogP contribution in [0.25, 0.3) is 0 Å². The van der Waals surface area contributed by atoms with Gasteiger partial charge in [-0.2, -0.15) is 0 Å². The van der Waals surface area contributed by atoms with Crippen LogP contribution >= 0.6 is 31.9 Å². The van der Waals surface area contributed by atoms with Gasteiger partial charge in [0.25, 0.3) is 0 Å². The summed E-state index contributed by atoms with van der Waals surface area (Å²) >= 11 is 6.77. The van der Waals surface area contributed by atoms with E-state index < -0.39 is 6.04 Å². The Balaban J connectivity index is 2.11. The molecule has 0 radical (unpaired) electrons. The molecule has 2 unspecified atom stereocenters. The molecule has 2 rings (SSSR count). The van der Waals surface area contributed by atoms with E-state index in [-0.39, 0.29) is 12.1 Å². The quantitative estimate of drug-likeness (QED) is 0.760. The van der Waals surface area contributed by atoms with Crippen LogP contribution in [-0.2, 0) is 14.3 Å². The highest BCUT2D eigenvalue weighted by molar-refractivity contribution is 9.11. The Morgan fingerprint density at radius 1 is 1.65 bits per heavy atom. The molecule has 1 N–H and O–H groups in total. The minimum Gasteiger partial charge on any atom is -0.468 e. The van der Waals surface area contributed by atoms with Crippen LogP contribution in [0.3, 0.4) is 0 Å². The number of nitrogens with zero attached hydrogens (tertiary/aromatic N) is 1. The van der Waals surface area contributed by atoms with Gasteiger partial charge < -0.3 is 9.47 Å². The van der Waals surface area contributed by atoms with E-state index in [0.29, 0.717) is 12.2 Å². The Labute approximate surface area is 134 Å². The summed E-state index contributed by atoms with van der Waals surface area (Å²) in [7, 11) is 1.37. The maximum Gasteiger partial charge on any atom is 0.329 e. The van der Waals surface area contributed by atoms with Crippen LogP contribution in [0.5, 0.6) is 0 Å². The number of halogens is 2. The second kappa shape index (κ2) is 7.49. The average molecular weight is 408 g/mol. The summed E-state index contributed by atoms with van der Waals surface area (Å²) in [4.78, 5) is 16.3. The standard InChI is InChI=1S/C13H16Br2N2O3/c1-19-13(18)12(17-7-9-3-2-4-20-9)11-10(15)5-8(14)6-16-11/h5-6,9,12,17H,2-4,7H2,1H3. The molecule has 20 heavy (non-hydrogen) atoms. The predicted molar refractivity (Wildman–Crippen MR) is 81.4 cm³/mol. The highest BCUT2D eigenvalue weighted by Gasteiger charge is 2.26. The molecule has 1 aromatic heterocycles. The van der Waals surface area contributed by atoms with Gasteiger partial charge in [0.1, 0.15) is 6.04 Å². The molecule has 5 nitrogen and oxygen atoms in total. The summed E-state index contributed by atoms with van der Waals surface area (Å²) in [5.41, 5.74) is 0.609. The molecular weight excluding hydrogens is 392 g/mol. The molecule has 1 aromatic rings. The smallest absolute Gasteiger partial charge is 0.329 e. The minimum absolute atomic E-state index is 0.149. The summed E-state index contributed by atoms with van der Waals surface area (Å²) in [6.07, 6.45) is 3.88. The van der Waals surface area contributed by atoms with E-state index in [0.717, 1.165) is 28.4 Å². The average Bonchev–Trinajstić information content (AvgIpc) is 2.93. The lowest BCUT2D eigenvalue weighted by atomic mass is 10.1. The summed E-state index contributed by atoms with van der Waals surface area (Å²) in [6.45, 7) is 1.39. The van der Waals surface area contributed by atoms with Crippen molar-refractivity contribution < 1.29 is 14.3 Å². The number of ether oxygens (including phenoxy) is 2.